The first-order chi connectivity index (χ1) is 12.4. The molecular weight excluding hydrogens is 352 g/mol. The number of nitrogens with zero attached hydrogens (tertiary/aromatic N) is 1. The minimum atomic E-state index is -3.49. The van der Waals surface area contributed by atoms with E-state index in [2.05, 4.69) is 5.32 Å². The maximum Gasteiger partial charge on any atom is 0.262 e. The molecular formula is C19H24N2O4S. The zero-order valence-electron chi connectivity index (χ0n) is 15.2. The fourth-order valence-corrected chi connectivity index (χ4v) is 3.86. The smallest absolute Gasteiger partial charge is 0.262 e. The summed E-state index contributed by atoms with van der Waals surface area (Å²) in [6.07, 6.45) is 0. The lowest BCUT2D eigenvalue weighted by atomic mass is 10.2. The van der Waals surface area contributed by atoms with Gasteiger partial charge >= 0.3 is 0 Å². The molecule has 2 aromatic rings. The number of amides is 1. The van der Waals surface area contributed by atoms with E-state index in [1.807, 2.05) is 31.2 Å². The van der Waals surface area contributed by atoms with Crippen LogP contribution in [0.2, 0.25) is 0 Å². The van der Waals surface area contributed by atoms with Crippen LogP contribution in [0.3, 0.4) is 0 Å². The topological polar surface area (TPSA) is 75.7 Å². The molecule has 1 amide bonds. The Morgan fingerprint density at radius 3 is 2.12 bits per heavy atom. The lowest BCUT2D eigenvalue weighted by Gasteiger charge is -2.18. The number of nitrogens with one attached hydrogen (secondary N) is 1. The van der Waals surface area contributed by atoms with Crippen LogP contribution in [0.1, 0.15) is 19.4 Å². The van der Waals surface area contributed by atoms with Crippen molar-refractivity contribution < 1.29 is 17.9 Å². The fourth-order valence-electron chi connectivity index (χ4n) is 2.40. The molecule has 0 saturated carbocycles. The number of benzene rings is 2. The average Bonchev–Trinajstić information content (AvgIpc) is 2.63. The molecule has 0 heterocycles. The summed E-state index contributed by atoms with van der Waals surface area (Å²) in [5, 5.41) is 2.74. The molecule has 6 nitrogen and oxygen atoms in total. The second-order valence-electron chi connectivity index (χ2n) is 5.76. The monoisotopic (exact) mass is 376 g/mol. The molecule has 0 aliphatic rings. The van der Waals surface area contributed by atoms with Crippen LogP contribution >= 0.6 is 0 Å². The van der Waals surface area contributed by atoms with Gasteiger partial charge in [-0.25, -0.2) is 8.42 Å². The van der Waals surface area contributed by atoms with E-state index in [0.29, 0.717) is 24.5 Å². The van der Waals surface area contributed by atoms with Gasteiger partial charge in [-0.2, -0.15) is 4.31 Å². The van der Waals surface area contributed by atoms with E-state index in [4.69, 9.17) is 4.74 Å². The Bertz CT molecular complexity index is 827. The lowest BCUT2D eigenvalue weighted by molar-refractivity contribution is -0.118. The van der Waals surface area contributed by atoms with Crippen LogP contribution in [-0.4, -0.2) is 38.3 Å². The number of anilines is 1. The van der Waals surface area contributed by atoms with Gasteiger partial charge < -0.3 is 10.1 Å². The van der Waals surface area contributed by atoms with Gasteiger partial charge in [0.1, 0.15) is 5.75 Å². The molecule has 0 aliphatic heterocycles. The second-order valence-corrected chi connectivity index (χ2v) is 7.70. The SMILES string of the molecule is CCN(CC)S(=O)(=O)c1ccc(OCC(=O)Nc2ccc(C)cc2)cc1. The molecule has 2 rings (SSSR count). The number of hydrogen-bond acceptors (Lipinski definition) is 4. The molecule has 2 aromatic carbocycles. The van der Waals surface area contributed by atoms with Crippen LogP contribution in [0.4, 0.5) is 5.69 Å². The highest BCUT2D eigenvalue weighted by atomic mass is 32.2. The Hall–Kier alpha value is -2.38. The summed E-state index contributed by atoms with van der Waals surface area (Å²) in [5.74, 6) is 0.149. The van der Waals surface area contributed by atoms with Gasteiger partial charge in [0.05, 0.1) is 4.90 Å². The molecule has 0 aliphatic carbocycles. The molecule has 7 heteroatoms. The quantitative estimate of drug-likeness (QED) is 0.768. The lowest BCUT2D eigenvalue weighted by Crippen LogP contribution is -2.30. The van der Waals surface area contributed by atoms with Gasteiger partial charge in [-0.3, -0.25) is 4.79 Å². The van der Waals surface area contributed by atoms with E-state index in [1.165, 1.54) is 16.4 Å². The predicted octanol–water partition coefficient (Wildman–Crippen LogP) is 3.04. The first-order valence-electron chi connectivity index (χ1n) is 8.46. The summed E-state index contributed by atoms with van der Waals surface area (Å²) in [7, 11) is -3.49. The third-order valence-electron chi connectivity index (χ3n) is 3.87. The van der Waals surface area contributed by atoms with Crippen molar-refractivity contribution in [3.05, 3.63) is 54.1 Å². The Labute approximate surface area is 154 Å². The second kappa shape index (κ2) is 8.82. The number of aryl methyl sites for hydroxylation is 1. The van der Waals surface area contributed by atoms with Crippen LogP contribution in [0.25, 0.3) is 0 Å². The van der Waals surface area contributed by atoms with E-state index in [-0.39, 0.29) is 17.4 Å². The van der Waals surface area contributed by atoms with Gasteiger partial charge in [0, 0.05) is 18.8 Å². The van der Waals surface area contributed by atoms with Crippen molar-refractivity contribution in [1.29, 1.82) is 0 Å². The minimum absolute atomic E-state index is 0.157. The van der Waals surface area contributed by atoms with Crippen LogP contribution in [-0.2, 0) is 14.8 Å². The van der Waals surface area contributed by atoms with Crippen molar-refractivity contribution in [2.45, 2.75) is 25.7 Å². The minimum Gasteiger partial charge on any atom is -0.484 e. The summed E-state index contributed by atoms with van der Waals surface area (Å²) in [4.78, 5) is 12.1. The van der Waals surface area contributed by atoms with E-state index in [9.17, 15) is 13.2 Å². The molecule has 0 unspecified atom stereocenters. The Balaban J connectivity index is 1.94. The highest BCUT2D eigenvalue weighted by molar-refractivity contribution is 7.89. The number of rotatable bonds is 8. The van der Waals surface area contributed by atoms with Crippen LogP contribution < -0.4 is 10.1 Å². The Morgan fingerprint density at radius 1 is 1.00 bits per heavy atom. The van der Waals surface area contributed by atoms with Gasteiger partial charge in [-0.15, -0.1) is 0 Å². The molecule has 140 valence electrons. The molecule has 0 aromatic heterocycles. The van der Waals surface area contributed by atoms with Crippen LogP contribution in [0.15, 0.2) is 53.4 Å². The normalized spacial score (nSPS) is 11.4. The van der Waals surface area contributed by atoms with Crippen LogP contribution in [0, 0.1) is 6.92 Å². The van der Waals surface area contributed by atoms with Gasteiger partial charge in [0.25, 0.3) is 5.91 Å². The molecule has 0 saturated heterocycles. The third-order valence-corrected chi connectivity index (χ3v) is 5.94. The van der Waals surface area contributed by atoms with Crippen molar-refractivity contribution in [2.24, 2.45) is 0 Å². The van der Waals surface area contributed by atoms with Crippen molar-refractivity contribution >= 4 is 21.6 Å². The predicted molar refractivity (Wildman–Crippen MR) is 102 cm³/mol. The number of hydrogen-bond donors (Lipinski definition) is 1. The van der Waals surface area contributed by atoms with Crippen molar-refractivity contribution in [3.8, 4) is 5.75 Å². The number of carbonyl (C=O) groups excluding carboxylic acids is 1. The summed E-state index contributed by atoms with van der Waals surface area (Å²) >= 11 is 0. The molecule has 0 fully saturated rings. The van der Waals surface area contributed by atoms with Gasteiger partial charge in [-0.1, -0.05) is 31.5 Å². The molecule has 0 radical (unpaired) electrons. The molecule has 26 heavy (non-hydrogen) atoms. The van der Waals surface area contributed by atoms with Gasteiger partial charge in [0.2, 0.25) is 10.0 Å². The van der Waals surface area contributed by atoms with E-state index >= 15 is 0 Å². The fraction of sp³-hybridized carbons (Fsp3) is 0.316. The summed E-state index contributed by atoms with van der Waals surface area (Å²) in [6, 6.07) is 13.5. The third kappa shape index (κ3) is 5.06. The van der Waals surface area contributed by atoms with E-state index < -0.39 is 10.0 Å². The zero-order valence-corrected chi connectivity index (χ0v) is 16.0. The molecule has 0 bridgehead atoms. The zero-order chi connectivity index (χ0) is 19.2. The highest BCUT2D eigenvalue weighted by Gasteiger charge is 2.21. The summed E-state index contributed by atoms with van der Waals surface area (Å²) in [6.45, 7) is 6.23. The Morgan fingerprint density at radius 2 is 1.58 bits per heavy atom. The maximum absolute atomic E-state index is 12.4. The largest absolute Gasteiger partial charge is 0.484 e. The molecule has 0 spiro atoms. The average molecular weight is 376 g/mol. The van der Waals surface area contributed by atoms with Gasteiger partial charge in [0.15, 0.2) is 6.61 Å². The van der Waals surface area contributed by atoms with E-state index in [0.717, 1.165) is 5.56 Å². The van der Waals surface area contributed by atoms with Crippen molar-refractivity contribution in [1.82, 2.24) is 4.31 Å². The Kier molecular flexibility index (Phi) is 6.76. The highest BCUT2D eigenvalue weighted by Crippen LogP contribution is 2.19. The van der Waals surface area contributed by atoms with Crippen LogP contribution in [0.5, 0.6) is 5.75 Å². The summed E-state index contributed by atoms with van der Waals surface area (Å²) in [5.41, 5.74) is 1.81. The molecule has 0 atom stereocenters. The van der Waals surface area contributed by atoms with Gasteiger partial charge in [-0.05, 0) is 43.3 Å². The number of ether oxygens (including phenoxy) is 1. The number of carbonyl (C=O) groups is 1. The first kappa shape index (κ1) is 19.9. The van der Waals surface area contributed by atoms with Crippen molar-refractivity contribution in [2.75, 3.05) is 25.0 Å². The maximum atomic E-state index is 12.4. The molecule has 1 N–H and O–H groups in total. The standard InChI is InChI=1S/C19H24N2O4S/c1-4-21(5-2)26(23,24)18-12-10-17(11-13-18)25-14-19(22)20-16-8-6-15(3)7-9-16/h6-13H,4-5,14H2,1-3H3,(H,20,22). The van der Waals surface area contributed by atoms with Crippen molar-refractivity contribution in [3.63, 3.8) is 0 Å². The van der Waals surface area contributed by atoms with E-state index in [1.54, 1.807) is 26.0 Å². The summed E-state index contributed by atoms with van der Waals surface area (Å²) < 4.78 is 31.7. The first-order valence-corrected chi connectivity index (χ1v) is 9.90. The number of sulfonamides is 1.